The maximum absolute atomic E-state index is 11.4. The minimum Gasteiger partial charge on any atom is -0.460 e. The average molecular weight is 566 g/mol. The van der Waals surface area contributed by atoms with Crippen molar-refractivity contribution in [1.82, 2.24) is 0 Å². The van der Waals surface area contributed by atoms with Crippen LogP contribution in [0, 0.1) is 0 Å². The van der Waals surface area contributed by atoms with E-state index in [4.69, 9.17) is 10.00 Å². The summed E-state index contributed by atoms with van der Waals surface area (Å²) in [5.74, 6) is -1.89. The molecule has 0 amide bonds. The van der Waals surface area contributed by atoms with Crippen molar-refractivity contribution in [2.24, 2.45) is 0 Å². The molecule has 0 spiro atoms. The van der Waals surface area contributed by atoms with Crippen LogP contribution in [0.3, 0.4) is 0 Å². The fourth-order valence-corrected chi connectivity index (χ4v) is 2.59. The topological polar surface area (TPSA) is 211 Å². The molecule has 0 fully saturated rings. The first-order valence-corrected chi connectivity index (χ1v) is 12.6. The molecular formula is C19H36O15P2. The summed E-state index contributed by atoms with van der Waals surface area (Å²) in [6.45, 7) is 8.72. The Bertz CT molecular complexity index is 811. The normalized spacial score (nSPS) is 14.3. The van der Waals surface area contributed by atoms with Gasteiger partial charge in [-0.25, -0.2) is 18.7 Å². The highest BCUT2D eigenvalue weighted by atomic mass is 31.2. The van der Waals surface area contributed by atoms with Gasteiger partial charge in [0.05, 0.1) is 26.4 Å². The Labute approximate surface area is 210 Å². The molecule has 0 saturated carbocycles. The number of hydrogen-bond acceptors (Lipinski definition) is 13. The molecule has 17 heteroatoms. The third-order valence-corrected chi connectivity index (χ3v) is 4.98. The Morgan fingerprint density at radius 1 is 0.806 bits per heavy atom. The van der Waals surface area contributed by atoms with Crippen molar-refractivity contribution in [3.63, 3.8) is 0 Å². The van der Waals surface area contributed by atoms with Crippen molar-refractivity contribution in [3.8, 4) is 0 Å². The van der Waals surface area contributed by atoms with Gasteiger partial charge in [0.15, 0.2) is 0 Å². The van der Waals surface area contributed by atoms with Gasteiger partial charge in [0, 0.05) is 25.2 Å². The lowest BCUT2D eigenvalue weighted by molar-refractivity contribution is -0.150. The Hall–Kier alpha value is -1.93. The Morgan fingerprint density at radius 2 is 1.22 bits per heavy atom. The minimum absolute atomic E-state index is 0. The fraction of sp³-hybridized carbons (Fsp3) is 0.632. The molecule has 212 valence electrons. The fourth-order valence-electron chi connectivity index (χ4n) is 1.45. The van der Waals surface area contributed by atoms with Gasteiger partial charge in [0.1, 0.15) is 19.3 Å². The van der Waals surface area contributed by atoms with Crippen LogP contribution < -0.4 is 0 Å². The maximum atomic E-state index is 11.4. The number of rotatable bonds is 16. The van der Waals surface area contributed by atoms with Gasteiger partial charge < -0.3 is 29.1 Å². The SMILES string of the molecule is C.C=C(C)C(=O)OCCOP(=O)(O)OC.C=C(C)C(=O)OCCOP(=O)(O)OCC(CO)OC(C)=O. The molecule has 0 rings (SSSR count). The van der Waals surface area contributed by atoms with Crippen LogP contribution in [0.4, 0.5) is 0 Å². The number of phosphoric acid groups is 2. The monoisotopic (exact) mass is 566 g/mol. The van der Waals surface area contributed by atoms with Crippen LogP contribution >= 0.6 is 15.6 Å². The van der Waals surface area contributed by atoms with Gasteiger partial charge in [-0.1, -0.05) is 20.6 Å². The lowest BCUT2D eigenvalue weighted by Crippen LogP contribution is -2.25. The Kier molecular flexibility index (Phi) is 21.6. The van der Waals surface area contributed by atoms with E-state index in [2.05, 4.69) is 45.5 Å². The van der Waals surface area contributed by atoms with Gasteiger partial charge in [-0.15, -0.1) is 0 Å². The standard InChI is InChI=1S/C11H19O9P.C7H13O6P.CH4/c1-8(2)11(14)17-4-5-18-21(15,16)19-7-10(6-12)20-9(3)13;1-6(2)7(8)12-4-5-13-14(9,10)11-3;/h10,12H,1,4-7H2,2-3H3,(H,15,16);1,4-5H2,2-3H3,(H,9,10);1H4. The van der Waals surface area contributed by atoms with Crippen LogP contribution in [0.15, 0.2) is 24.3 Å². The second-order valence-corrected chi connectivity index (χ2v) is 9.34. The second-order valence-electron chi connectivity index (χ2n) is 6.33. The molecule has 0 saturated heterocycles. The summed E-state index contributed by atoms with van der Waals surface area (Å²) in [6.07, 6.45) is -1.08. The highest BCUT2D eigenvalue weighted by Crippen LogP contribution is 2.43. The van der Waals surface area contributed by atoms with E-state index >= 15 is 0 Å². The molecule has 0 aromatic heterocycles. The van der Waals surface area contributed by atoms with Gasteiger partial charge in [0.2, 0.25) is 0 Å². The van der Waals surface area contributed by atoms with E-state index in [0.29, 0.717) is 0 Å². The van der Waals surface area contributed by atoms with Crippen LogP contribution in [-0.2, 0) is 55.8 Å². The minimum atomic E-state index is -4.40. The Balaban J connectivity index is -0.000000635. The van der Waals surface area contributed by atoms with Crippen molar-refractivity contribution in [2.75, 3.05) is 46.8 Å². The number of phosphoric ester groups is 2. The molecule has 15 nitrogen and oxygen atoms in total. The number of carbonyl (C=O) groups excluding carboxylic acids is 3. The Morgan fingerprint density at radius 3 is 1.56 bits per heavy atom. The summed E-state index contributed by atoms with van der Waals surface area (Å²) >= 11 is 0. The number of ether oxygens (including phenoxy) is 3. The maximum Gasteiger partial charge on any atom is 0.472 e. The van der Waals surface area contributed by atoms with Crippen LogP contribution in [0.2, 0.25) is 0 Å². The first-order valence-electron chi connectivity index (χ1n) is 9.65. The zero-order valence-corrected chi connectivity index (χ0v) is 21.7. The van der Waals surface area contributed by atoms with E-state index in [1.54, 1.807) is 0 Å². The summed E-state index contributed by atoms with van der Waals surface area (Å²) in [6, 6.07) is 0. The molecule has 36 heavy (non-hydrogen) atoms. The molecular weight excluding hydrogens is 530 g/mol. The average Bonchev–Trinajstić information content (AvgIpc) is 2.76. The van der Waals surface area contributed by atoms with E-state index in [1.807, 2.05) is 0 Å². The number of carbonyl (C=O) groups is 3. The largest absolute Gasteiger partial charge is 0.472 e. The number of hydrogen-bond donors (Lipinski definition) is 3. The van der Waals surface area contributed by atoms with Gasteiger partial charge in [-0.3, -0.25) is 22.9 Å². The van der Waals surface area contributed by atoms with Gasteiger partial charge >= 0.3 is 33.6 Å². The molecule has 0 heterocycles. The van der Waals surface area contributed by atoms with Crippen molar-refractivity contribution >= 4 is 33.6 Å². The van der Waals surface area contributed by atoms with Gasteiger partial charge in [-0.2, -0.15) is 0 Å². The number of aliphatic hydroxyl groups is 1. The van der Waals surface area contributed by atoms with Crippen molar-refractivity contribution < 1.29 is 70.7 Å². The van der Waals surface area contributed by atoms with Gasteiger partial charge in [0.25, 0.3) is 0 Å². The first-order chi connectivity index (χ1) is 16.1. The highest BCUT2D eigenvalue weighted by molar-refractivity contribution is 7.47. The lowest BCUT2D eigenvalue weighted by Gasteiger charge is -2.17. The highest BCUT2D eigenvalue weighted by Gasteiger charge is 2.24. The predicted octanol–water partition coefficient (Wildman–Crippen LogP) is 1.67. The summed E-state index contributed by atoms with van der Waals surface area (Å²) in [7, 11) is -7.33. The summed E-state index contributed by atoms with van der Waals surface area (Å²) in [5.41, 5.74) is 0.439. The molecule has 3 atom stereocenters. The van der Waals surface area contributed by atoms with Crippen LogP contribution in [0.25, 0.3) is 0 Å². The van der Waals surface area contributed by atoms with E-state index in [0.717, 1.165) is 14.0 Å². The van der Waals surface area contributed by atoms with Crippen molar-refractivity contribution in [1.29, 1.82) is 0 Å². The third-order valence-electron chi connectivity index (χ3n) is 3.03. The van der Waals surface area contributed by atoms with Gasteiger partial charge in [-0.05, 0) is 13.8 Å². The van der Waals surface area contributed by atoms with E-state index in [-0.39, 0.29) is 45.0 Å². The number of esters is 3. The quantitative estimate of drug-likeness (QED) is 0.0797. The predicted molar refractivity (Wildman–Crippen MR) is 125 cm³/mol. The van der Waals surface area contributed by atoms with Crippen molar-refractivity contribution in [2.45, 2.75) is 34.3 Å². The number of aliphatic hydroxyl groups excluding tert-OH is 1. The molecule has 0 aliphatic heterocycles. The van der Waals surface area contributed by atoms with Crippen LogP contribution in [0.5, 0.6) is 0 Å². The molecule has 0 aliphatic rings. The van der Waals surface area contributed by atoms with Crippen molar-refractivity contribution in [3.05, 3.63) is 24.3 Å². The molecule has 0 aliphatic carbocycles. The smallest absolute Gasteiger partial charge is 0.460 e. The van der Waals surface area contributed by atoms with E-state index in [1.165, 1.54) is 13.8 Å². The molecule has 0 radical (unpaired) electrons. The zero-order valence-electron chi connectivity index (χ0n) is 19.9. The third kappa shape index (κ3) is 22.5. The molecule has 0 aromatic carbocycles. The zero-order chi connectivity index (χ0) is 27.7. The lowest BCUT2D eigenvalue weighted by atomic mass is 10.4. The van der Waals surface area contributed by atoms with Crippen LogP contribution in [0.1, 0.15) is 28.2 Å². The molecule has 0 aromatic rings. The molecule has 3 N–H and O–H groups in total. The van der Waals surface area contributed by atoms with E-state index < -0.39 is 52.9 Å². The van der Waals surface area contributed by atoms with Crippen LogP contribution in [-0.4, -0.2) is 85.7 Å². The second kappa shape index (κ2) is 20.2. The van der Waals surface area contributed by atoms with E-state index in [9.17, 15) is 28.4 Å². The first kappa shape index (κ1) is 38.6. The molecule has 3 unspecified atom stereocenters. The summed E-state index contributed by atoms with van der Waals surface area (Å²) < 4.78 is 53.5. The summed E-state index contributed by atoms with van der Waals surface area (Å²) in [5, 5.41) is 8.86. The summed E-state index contributed by atoms with van der Waals surface area (Å²) in [4.78, 5) is 50.5. The molecule has 0 bridgehead atoms.